The minimum absolute atomic E-state index is 0.417. The highest BCUT2D eigenvalue weighted by molar-refractivity contribution is 5.11. The Morgan fingerprint density at radius 1 is 1.59 bits per heavy atom. The molecule has 1 aliphatic rings. The highest BCUT2D eigenvalue weighted by Gasteiger charge is 2.30. The van der Waals surface area contributed by atoms with E-state index in [1.165, 1.54) is 24.8 Å². The number of nitrogens with zero attached hydrogens (tertiary/aromatic N) is 1. The maximum atomic E-state index is 5.94. The number of rotatable bonds is 4. The largest absolute Gasteiger partial charge is 0.472 e. The van der Waals surface area contributed by atoms with Crippen LogP contribution in [0.4, 0.5) is 0 Å². The van der Waals surface area contributed by atoms with Gasteiger partial charge in [-0.05, 0) is 38.3 Å². The van der Waals surface area contributed by atoms with E-state index in [4.69, 9.17) is 10.2 Å². The van der Waals surface area contributed by atoms with Crippen LogP contribution in [-0.2, 0) is 0 Å². The summed E-state index contributed by atoms with van der Waals surface area (Å²) in [5.74, 6) is 0.858. The van der Waals surface area contributed by atoms with E-state index in [2.05, 4.69) is 24.8 Å². The topological polar surface area (TPSA) is 42.4 Å². The highest BCUT2D eigenvalue weighted by Crippen LogP contribution is 2.31. The van der Waals surface area contributed by atoms with Gasteiger partial charge in [0.05, 0.1) is 12.5 Å². The van der Waals surface area contributed by atoms with Gasteiger partial charge in [-0.2, -0.15) is 0 Å². The van der Waals surface area contributed by atoms with Crippen LogP contribution in [0, 0.1) is 5.92 Å². The van der Waals surface area contributed by atoms with Crippen LogP contribution in [0.15, 0.2) is 23.0 Å². The van der Waals surface area contributed by atoms with Gasteiger partial charge in [0.15, 0.2) is 0 Å². The van der Waals surface area contributed by atoms with Crippen LogP contribution in [0.5, 0.6) is 0 Å². The summed E-state index contributed by atoms with van der Waals surface area (Å²) in [6.07, 6.45) is 7.43. The predicted octanol–water partition coefficient (Wildman–Crippen LogP) is 2.79. The van der Waals surface area contributed by atoms with Crippen LogP contribution in [0.2, 0.25) is 0 Å². The molecule has 0 saturated carbocycles. The molecular formula is C14H24N2O. The molecule has 3 heteroatoms. The third kappa shape index (κ3) is 2.72. The van der Waals surface area contributed by atoms with Crippen molar-refractivity contribution in [2.24, 2.45) is 11.7 Å². The third-order valence-electron chi connectivity index (χ3n) is 4.24. The average molecular weight is 236 g/mol. The van der Waals surface area contributed by atoms with Gasteiger partial charge in [-0.3, -0.25) is 4.90 Å². The Hall–Kier alpha value is -0.800. The van der Waals surface area contributed by atoms with E-state index in [0.29, 0.717) is 12.1 Å². The van der Waals surface area contributed by atoms with E-state index in [1.807, 2.05) is 6.26 Å². The van der Waals surface area contributed by atoms with Gasteiger partial charge < -0.3 is 10.2 Å². The number of likely N-dealkylation sites (tertiary alicyclic amines) is 1. The number of nitrogens with two attached hydrogens (primary N) is 1. The Morgan fingerprint density at radius 3 is 3.00 bits per heavy atom. The van der Waals surface area contributed by atoms with Crippen LogP contribution in [0.25, 0.3) is 0 Å². The van der Waals surface area contributed by atoms with Crippen LogP contribution in [-0.4, -0.2) is 24.0 Å². The molecule has 0 aromatic carbocycles. The molecule has 1 aromatic heterocycles. The second-order valence-corrected chi connectivity index (χ2v) is 5.16. The summed E-state index contributed by atoms with van der Waals surface area (Å²) in [7, 11) is 0. The van der Waals surface area contributed by atoms with Gasteiger partial charge in [0, 0.05) is 24.2 Å². The van der Waals surface area contributed by atoms with E-state index in [-0.39, 0.29) is 0 Å². The summed E-state index contributed by atoms with van der Waals surface area (Å²) in [5, 5.41) is 0. The Morgan fingerprint density at radius 2 is 2.41 bits per heavy atom. The second-order valence-electron chi connectivity index (χ2n) is 5.16. The number of hydrogen-bond donors (Lipinski definition) is 1. The van der Waals surface area contributed by atoms with Gasteiger partial charge in [-0.25, -0.2) is 0 Å². The molecule has 17 heavy (non-hydrogen) atoms. The first kappa shape index (κ1) is 12.7. The van der Waals surface area contributed by atoms with Crippen molar-refractivity contribution in [3.8, 4) is 0 Å². The molecule has 2 heterocycles. The summed E-state index contributed by atoms with van der Waals surface area (Å²) < 4.78 is 5.18. The van der Waals surface area contributed by atoms with E-state index >= 15 is 0 Å². The number of furan rings is 1. The minimum Gasteiger partial charge on any atom is -0.472 e. The molecule has 2 N–H and O–H groups in total. The van der Waals surface area contributed by atoms with Crippen LogP contribution in [0.3, 0.4) is 0 Å². The quantitative estimate of drug-likeness (QED) is 0.874. The van der Waals surface area contributed by atoms with E-state index in [1.54, 1.807) is 6.26 Å². The second kappa shape index (κ2) is 5.69. The highest BCUT2D eigenvalue weighted by atomic mass is 16.3. The van der Waals surface area contributed by atoms with Crippen LogP contribution in [0.1, 0.15) is 44.7 Å². The molecule has 96 valence electrons. The molecule has 1 aliphatic heterocycles. The first-order valence-electron chi connectivity index (χ1n) is 6.74. The zero-order valence-electron chi connectivity index (χ0n) is 10.9. The molecule has 0 spiro atoms. The summed E-state index contributed by atoms with van der Waals surface area (Å²) >= 11 is 0. The van der Waals surface area contributed by atoms with E-state index in [9.17, 15) is 0 Å². The molecule has 3 unspecified atom stereocenters. The van der Waals surface area contributed by atoms with Gasteiger partial charge in [0.1, 0.15) is 0 Å². The smallest absolute Gasteiger partial charge is 0.0950 e. The van der Waals surface area contributed by atoms with Gasteiger partial charge in [0.2, 0.25) is 0 Å². The predicted molar refractivity (Wildman–Crippen MR) is 69.7 cm³/mol. The Balaban J connectivity index is 2.04. The van der Waals surface area contributed by atoms with Gasteiger partial charge in [0.25, 0.3) is 0 Å². The van der Waals surface area contributed by atoms with Gasteiger partial charge in [-0.1, -0.05) is 13.3 Å². The molecule has 1 saturated heterocycles. The van der Waals surface area contributed by atoms with Crippen molar-refractivity contribution in [3.63, 3.8) is 0 Å². The SMILES string of the molecule is CCC1CCN(C(C)c2ccoc2)C(CN)C1. The van der Waals surface area contributed by atoms with Crippen molar-refractivity contribution in [2.45, 2.75) is 45.2 Å². The van der Waals surface area contributed by atoms with Crippen molar-refractivity contribution in [3.05, 3.63) is 24.2 Å². The van der Waals surface area contributed by atoms with Gasteiger partial charge in [-0.15, -0.1) is 0 Å². The normalized spacial score (nSPS) is 28.2. The fraction of sp³-hybridized carbons (Fsp3) is 0.714. The molecule has 0 aliphatic carbocycles. The minimum atomic E-state index is 0.417. The Kier molecular flexibility index (Phi) is 4.24. The fourth-order valence-corrected chi connectivity index (χ4v) is 2.97. The molecule has 2 rings (SSSR count). The molecule has 3 atom stereocenters. The van der Waals surface area contributed by atoms with Gasteiger partial charge >= 0.3 is 0 Å². The third-order valence-corrected chi connectivity index (χ3v) is 4.24. The van der Waals surface area contributed by atoms with Crippen molar-refractivity contribution in [1.82, 2.24) is 4.90 Å². The summed E-state index contributed by atoms with van der Waals surface area (Å²) in [4.78, 5) is 2.54. The first-order chi connectivity index (χ1) is 8.26. The van der Waals surface area contributed by atoms with E-state index < -0.39 is 0 Å². The maximum Gasteiger partial charge on any atom is 0.0950 e. The lowest BCUT2D eigenvalue weighted by molar-refractivity contribution is 0.0770. The monoisotopic (exact) mass is 236 g/mol. The van der Waals surface area contributed by atoms with Crippen LogP contribution >= 0.6 is 0 Å². The average Bonchev–Trinajstić information content (AvgIpc) is 2.91. The molecule has 1 fully saturated rings. The molecule has 0 bridgehead atoms. The lowest BCUT2D eigenvalue weighted by atomic mass is 9.87. The van der Waals surface area contributed by atoms with Crippen molar-refractivity contribution in [2.75, 3.05) is 13.1 Å². The van der Waals surface area contributed by atoms with Crippen molar-refractivity contribution < 1.29 is 4.42 Å². The summed E-state index contributed by atoms with van der Waals surface area (Å²) in [6, 6.07) is 3.00. The summed E-state index contributed by atoms with van der Waals surface area (Å²) in [5.41, 5.74) is 7.20. The number of piperidine rings is 1. The lowest BCUT2D eigenvalue weighted by Crippen LogP contribution is -2.47. The summed E-state index contributed by atoms with van der Waals surface area (Å²) in [6.45, 7) is 6.46. The molecule has 0 radical (unpaired) electrons. The molecular weight excluding hydrogens is 212 g/mol. The zero-order chi connectivity index (χ0) is 12.3. The fourth-order valence-electron chi connectivity index (χ4n) is 2.97. The van der Waals surface area contributed by atoms with Crippen molar-refractivity contribution >= 4 is 0 Å². The molecule has 1 aromatic rings. The Bertz CT molecular complexity index is 323. The number of hydrogen-bond acceptors (Lipinski definition) is 3. The zero-order valence-corrected chi connectivity index (χ0v) is 10.9. The molecule has 0 amide bonds. The van der Waals surface area contributed by atoms with E-state index in [0.717, 1.165) is 19.0 Å². The lowest BCUT2D eigenvalue weighted by Gasteiger charge is -2.42. The first-order valence-corrected chi connectivity index (χ1v) is 6.74. The van der Waals surface area contributed by atoms with Crippen molar-refractivity contribution in [1.29, 1.82) is 0 Å². The maximum absolute atomic E-state index is 5.94. The Labute approximate surface area is 104 Å². The molecule has 3 nitrogen and oxygen atoms in total. The standard InChI is InChI=1S/C14H24N2O/c1-3-12-4-6-16(14(8-12)9-15)11(2)13-5-7-17-10-13/h5,7,10-12,14H,3-4,6,8-9,15H2,1-2H3. The van der Waals surface area contributed by atoms with Crippen LogP contribution < -0.4 is 5.73 Å².